The van der Waals surface area contributed by atoms with Gasteiger partial charge in [0.1, 0.15) is 0 Å². The topological polar surface area (TPSA) is 39.1 Å². The number of carbonyl (C=O) groups excluding carboxylic acids is 1. The normalized spacial score (nSPS) is 10.2. The van der Waals surface area contributed by atoms with Crippen molar-refractivity contribution in [3.05, 3.63) is 63.6 Å². The van der Waals surface area contributed by atoms with Gasteiger partial charge in [0.25, 0.3) is 5.56 Å². The number of aldehydes is 1. The van der Waals surface area contributed by atoms with Crippen molar-refractivity contribution < 1.29 is 4.79 Å². The van der Waals surface area contributed by atoms with Crippen LogP contribution in [0.2, 0.25) is 0 Å². The van der Waals surface area contributed by atoms with Crippen molar-refractivity contribution in [3.8, 4) is 5.69 Å². The Morgan fingerprint density at radius 1 is 1.06 bits per heavy atom. The molecule has 0 amide bonds. The van der Waals surface area contributed by atoms with Crippen molar-refractivity contribution in [1.29, 1.82) is 0 Å². The summed E-state index contributed by atoms with van der Waals surface area (Å²) in [5, 5.41) is 0. The summed E-state index contributed by atoms with van der Waals surface area (Å²) in [5.74, 6) is 0. The maximum atomic E-state index is 12.0. The lowest BCUT2D eigenvalue weighted by Crippen LogP contribution is -2.22. The second kappa shape index (κ2) is 4.37. The number of para-hydroxylation sites is 1. The molecular formula is C14H13NO2. The average Bonchev–Trinajstić information content (AvgIpc) is 2.31. The van der Waals surface area contributed by atoms with Crippen LogP contribution in [0.1, 0.15) is 21.5 Å². The van der Waals surface area contributed by atoms with E-state index in [-0.39, 0.29) is 11.1 Å². The van der Waals surface area contributed by atoms with Crippen LogP contribution in [0.3, 0.4) is 0 Å². The number of nitrogens with zero attached hydrogens (tertiary/aromatic N) is 1. The Morgan fingerprint density at radius 2 is 1.71 bits per heavy atom. The van der Waals surface area contributed by atoms with E-state index in [2.05, 4.69) is 0 Å². The Balaban J connectivity index is 2.78. The molecule has 1 aromatic heterocycles. The number of aryl methyl sites for hydroxylation is 2. The third kappa shape index (κ3) is 1.91. The van der Waals surface area contributed by atoms with Gasteiger partial charge in [0.05, 0.1) is 11.3 Å². The Kier molecular flexibility index (Phi) is 2.91. The fraction of sp³-hybridized carbons (Fsp3) is 0.143. The molecule has 0 aliphatic carbocycles. The smallest absolute Gasteiger partial charge is 0.265 e. The third-order valence-corrected chi connectivity index (χ3v) is 2.78. The maximum absolute atomic E-state index is 12.0. The van der Waals surface area contributed by atoms with E-state index in [9.17, 15) is 9.59 Å². The van der Waals surface area contributed by atoms with Gasteiger partial charge in [-0.05, 0) is 37.1 Å². The van der Waals surface area contributed by atoms with Crippen molar-refractivity contribution in [2.45, 2.75) is 13.8 Å². The molecule has 2 rings (SSSR count). The van der Waals surface area contributed by atoms with E-state index in [4.69, 9.17) is 0 Å². The second-order valence-corrected chi connectivity index (χ2v) is 4.00. The first kappa shape index (κ1) is 11.3. The molecule has 0 saturated heterocycles. The average molecular weight is 227 g/mol. The van der Waals surface area contributed by atoms with Gasteiger partial charge in [0.15, 0.2) is 6.29 Å². The maximum Gasteiger partial charge on any atom is 0.265 e. The Bertz CT molecular complexity index is 606. The van der Waals surface area contributed by atoms with E-state index >= 15 is 0 Å². The monoisotopic (exact) mass is 227 g/mol. The number of pyridine rings is 1. The zero-order valence-corrected chi connectivity index (χ0v) is 9.81. The minimum absolute atomic E-state index is 0.176. The fourth-order valence-electron chi connectivity index (χ4n) is 1.96. The first-order valence-electron chi connectivity index (χ1n) is 5.38. The van der Waals surface area contributed by atoms with Crippen LogP contribution in [0.25, 0.3) is 5.69 Å². The molecule has 3 nitrogen and oxygen atoms in total. The van der Waals surface area contributed by atoms with E-state index < -0.39 is 0 Å². The van der Waals surface area contributed by atoms with Gasteiger partial charge < -0.3 is 0 Å². The fourth-order valence-corrected chi connectivity index (χ4v) is 1.96. The summed E-state index contributed by atoms with van der Waals surface area (Å²) in [5.41, 5.74) is 2.77. The van der Waals surface area contributed by atoms with Crippen LogP contribution in [-0.4, -0.2) is 10.9 Å². The molecule has 0 fully saturated rings. The van der Waals surface area contributed by atoms with Crippen molar-refractivity contribution in [1.82, 2.24) is 4.57 Å². The summed E-state index contributed by atoms with van der Waals surface area (Å²) < 4.78 is 1.52. The molecule has 1 aromatic carbocycles. The molecule has 0 aliphatic rings. The van der Waals surface area contributed by atoms with Gasteiger partial charge in [-0.25, -0.2) is 0 Å². The third-order valence-electron chi connectivity index (χ3n) is 2.78. The van der Waals surface area contributed by atoms with Crippen molar-refractivity contribution in [2.24, 2.45) is 0 Å². The molecule has 0 spiro atoms. The molecule has 0 N–H and O–H groups in total. The second-order valence-electron chi connectivity index (χ2n) is 4.00. The van der Waals surface area contributed by atoms with E-state index in [0.29, 0.717) is 6.29 Å². The highest BCUT2D eigenvalue weighted by Crippen LogP contribution is 2.16. The number of hydrogen-bond acceptors (Lipinski definition) is 2. The predicted molar refractivity (Wildman–Crippen MR) is 66.9 cm³/mol. The molecule has 17 heavy (non-hydrogen) atoms. The van der Waals surface area contributed by atoms with E-state index in [1.165, 1.54) is 10.6 Å². The molecule has 86 valence electrons. The molecule has 0 radical (unpaired) electrons. The molecule has 0 unspecified atom stereocenters. The van der Waals surface area contributed by atoms with Gasteiger partial charge >= 0.3 is 0 Å². The molecule has 3 heteroatoms. The minimum atomic E-state index is -0.278. The number of carbonyl (C=O) groups is 1. The Hall–Kier alpha value is -2.16. The molecule has 2 aromatic rings. The van der Waals surface area contributed by atoms with Crippen molar-refractivity contribution in [3.63, 3.8) is 0 Å². The van der Waals surface area contributed by atoms with Gasteiger partial charge in [0, 0.05) is 6.20 Å². The first-order chi connectivity index (χ1) is 8.15. The molecular weight excluding hydrogens is 214 g/mol. The Morgan fingerprint density at radius 3 is 2.29 bits per heavy atom. The quantitative estimate of drug-likeness (QED) is 0.738. The Labute approximate surface area is 99.3 Å². The van der Waals surface area contributed by atoms with Crippen LogP contribution < -0.4 is 5.56 Å². The van der Waals surface area contributed by atoms with Gasteiger partial charge in [-0.15, -0.1) is 0 Å². The zero-order chi connectivity index (χ0) is 12.4. The number of hydrogen-bond donors (Lipinski definition) is 0. The van der Waals surface area contributed by atoms with Gasteiger partial charge in [-0.1, -0.05) is 18.2 Å². The van der Waals surface area contributed by atoms with Crippen molar-refractivity contribution >= 4 is 6.29 Å². The zero-order valence-electron chi connectivity index (χ0n) is 9.81. The van der Waals surface area contributed by atoms with Crippen LogP contribution in [0, 0.1) is 13.8 Å². The van der Waals surface area contributed by atoms with Crippen LogP contribution in [0.15, 0.2) is 41.3 Å². The molecule has 0 saturated carbocycles. The van der Waals surface area contributed by atoms with Crippen LogP contribution in [-0.2, 0) is 0 Å². The lowest BCUT2D eigenvalue weighted by molar-refractivity contribution is 0.112. The molecule has 0 atom stereocenters. The summed E-state index contributed by atoms with van der Waals surface area (Å²) in [6, 6.07) is 9.07. The van der Waals surface area contributed by atoms with Gasteiger partial charge in [-0.3, -0.25) is 14.2 Å². The van der Waals surface area contributed by atoms with E-state index in [1.54, 1.807) is 12.3 Å². The number of aromatic nitrogens is 1. The summed E-state index contributed by atoms with van der Waals surface area (Å²) >= 11 is 0. The lowest BCUT2D eigenvalue weighted by Gasteiger charge is -2.12. The molecule has 0 bridgehead atoms. The number of rotatable bonds is 2. The van der Waals surface area contributed by atoms with Crippen molar-refractivity contribution in [2.75, 3.05) is 0 Å². The SMILES string of the molecule is Cc1cccc(C)c1-n1cccc(C=O)c1=O. The standard InChI is InChI=1S/C14H13NO2/c1-10-5-3-6-11(2)13(10)15-8-4-7-12(9-16)14(15)17/h3-9H,1-2H3. The van der Waals surface area contributed by atoms with Crippen LogP contribution in [0.4, 0.5) is 0 Å². The predicted octanol–water partition coefficient (Wildman–Crippen LogP) is 2.27. The summed E-state index contributed by atoms with van der Waals surface area (Å²) in [6.07, 6.45) is 2.27. The lowest BCUT2D eigenvalue weighted by atomic mass is 10.1. The van der Waals surface area contributed by atoms with E-state index in [1.807, 2.05) is 32.0 Å². The highest BCUT2D eigenvalue weighted by atomic mass is 16.1. The minimum Gasteiger partial charge on any atom is -0.298 e. The van der Waals surface area contributed by atoms with Gasteiger partial charge in [0.2, 0.25) is 0 Å². The van der Waals surface area contributed by atoms with Gasteiger partial charge in [-0.2, -0.15) is 0 Å². The largest absolute Gasteiger partial charge is 0.298 e. The summed E-state index contributed by atoms with van der Waals surface area (Å²) in [6.45, 7) is 3.89. The summed E-state index contributed by atoms with van der Waals surface area (Å²) in [7, 11) is 0. The highest BCUT2D eigenvalue weighted by molar-refractivity contribution is 5.74. The van der Waals surface area contributed by atoms with Crippen LogP contribution in [0.5, 0.6) is 0 Å². The van der Waals surface area contributed by atoms with Crippen LogP contribution >= 0.6 is 0 Å². The highest BCUT2D eigenvalue weighted by Gasteiger charge is 2.08. The first-order valence-corrected chi connectivity index (χ1v) is 5.38. The summed E-state index contributed by atoms with van der Waals surface area (Å²) in [4.78, 5) is 22.8. The van der Waals surface area contributed by atoms with E-state index in [0.717, 1.165) is 16.8 Å². The number of benzene rings is 1. The molecule has 0 aliphatic heterocycles. The molecule has 1 heterocycles.